The number of carbonyl (C=O) groups is 1. The highest BCUT2D eigenvalue weighted by atomic mass is 16.5. The number of amides is 2. The Morgan fingerprint density at radius 1 is 1.43 bits per heavy atom. The molecule has 23 heavy (non-hydrogen) atoms. The fourth-order valence-electron chi connectivity index (χ4n) is 4.97. The quantitative estimate of drug-likeness (QED) is 0.727. The van der Waals surface area contributed by atoms with E-state index in [0.717, 1.165) is 19.4 Å². The number of ether oxygens (including phenoxy) is 1. The number of hydrogen-bond donors (Lipinski definition) is 3. The molecule has 132 valence electrons. The van der Waals surface area contributed by atoms with E-state index in [4.69, 9.17) is 4.74 Å². The lowest BCUT2D eigenvalue weighted by atomic mass is 9.54. The van der Waals surface area contributed by atoms with E-state index in [1.54, 1.807) is 6.92 Å². The summed E-state index contributed by atoms with van der Waals surface area (Å²) in [4.78, 5) is 12.4. The molecule has 5 heteroatoms. The fraction of sp³-hybridized carbons (Fsp3) is 0.944. The van der Waals surface area contributed by atoms with Crippen molar-refractivity contribution in [2.24, 2.45) is 17.3 Å². The van der Waals surface area contributed by atoms with Gasteiger partial charge < -0.3 is 20.5 Å². The lowest BCUT2D eigenvalue weighted by Gasteiger charge is -2.56. The van der Waals surface area contributed by atoms with Gasteiger partial charge in [0.15, 0.2) is 0 Å². The molecule has 1 heterocycles. The third-order valence-corrected chi connectivity index (χ3v) is 6.85. The minimum absolute atomic E-state index is 0.143. The smallest absolute Gasteiger partial charge is 0.315 e. The SMILES string of the molecule is CCC(C)C(C)(O)CNC(=O)NC1C2CCOC2C12CCCC2. The summed E-state index contributed by atoms with van der Waals surface area (Å²) in [6, 6.07) is 0.0984. The van der Waals surface area contributed by atoms with Crippen molar-refractivity contribution < 1.29 is 14.6 Å². The topological polar surface area (TPSA) is 70.6 Å². The lowest BCUT2D eigenvalue weighted by molar-refractivity contribution is -0.126. The third kappa shape index (κ3) is 2.86. The first-order chi connectivity index (χ1) is 10.9. The number of aliphatic hydroxyl groups is 1. The van der Waals surface area contributed by atoms with Crippen molar-refractivity contribution in [3.8, 4) is 0 Å². The molecular formula is C18H32N2O3. The summed E-state index contributed by atoms with van der Waals surface area (Å²) in [6.07, 6.45) is 7.14. The Morgan fingerprint density at radius 3 is 2.78 bits per heavy atom. The molecule has 2 aliphatic carbocycles. The van der Waals surface area contributed by atoms with Crippen LogP contribution in [0.1, 0.15) is 59.3 Å². The zero-order valence-corrected chi connectivity index (χ0v) is 14.7. The predicted octanol–water partition coefficient (Wildman–Crippen LogP) is 2.43. The Kier molecular flexibility index (Phi) is 4.62. The predicted molar refractivity (Wildman–Crippen MR) is 89.1 cm³/mol. The van der Waals surface area contributed by atoms with E-state index in [1.165, 1.54) is 25.7 Å². The van der Waals surface area contributed by atoms with Gasteiger partial charge in [-0.3, -0.25) is 0 Å². The number of fused-ring (bicyclic) bond motifs is 2. The van der Waals surface area contributed by atoms with E-state index in [-0.39, 0.29) is 30.0 Å². The first-order valence-electron chi connectivity index (χ1n) is 9.29. The van der Waals surface area contributed by atoms with Gasteiger partial charge in [0.05, 0.1) is 11.7 Å². The average molecular weight is 324 g/mol. The molecule has 0 bridgehead atoms. The van der Waals surface area contributed by atoms with Gasteiger partial charge in [-0.25, -0.2) is 4.79 Å². The molecule has 0 aromatic carbocycles. The highest BCUT2D eigenvalue weighted by molar-refractivity contribution is 5.74. The average Bonchev–Trinajstić information content (AvgIpc) is 3.17. The van der Waals surface area contributed by atoms with Crippen molar-refractivity contribution in [3.63, 3.8) is 0 Å². The van der Waals surface area contributed by atoms with Gasteiger partial charge in [0, 0.05) is 30.5 Å². The second-order valence-corrected chi connectivity index (χ2v) is 8.16. The highest BCUT2D eigenvalue weighted by Gasteiger charge is 2.65. The number of rotatable bonds is 5. The van der Waals surface area contributed by atoms with E-state index in [2.05, 4.69) is 17.6 Å². The summed E-state index contributed by atoms with van der Waals surface area (Å²) in [5.41, 5.74) is -0.687. The molecular weight excluding hydrogens is 292 g/mol. The molecule has 3 fully saturated rings. The van der Waals surface area contributed by atoms with E-state index < -0.39 is 5.60 Å². The molecule has 5 nitrogen and oxygen atoms in total. The maximum atomic E-state index is 12.4. The molecule has 1 spiro atoms. The molecule has 2 amide bonds. The number of urea groups is 1. The van der Waals surface area contributed by atoms with Crippen LogP contribution in [0.5, 0.6) is 0 Å². The monoisotopic (exact) mass is 324 g/mol. The standard InChI is InChI=1S/C18H32N2O3/c1-4-12(2)17(3,22)11-19-16(21)20-14-13-7-10-23-15(13)18(14)8-5-6-9-18/h12-15,22H,4-11H2,1-3H3,(H2,19,20,21). The fourth-order valence-corrected chi connectivity index (χ4v) is 4.97. The molecule has 3 rings (SSSR count). The van der Waals surface area contributed by atoms with E-state index in [1.807, 2.05) is 6.92 Å². The maximum absolute atomic E-state index is 12.4. The van der Waals surface area contributed by atoms with Crippen LogP contribution in [0.2, 0.25) is 0 Å². The van der Waals surface area contributed by atoms with Crippen molar-refractivity contribution in [1.29, 1.82) is 0 Å². The molecule has 3 aliphatic rings. The second-order valence-electron chi connectivity index (χ2n) is 8.16. The Labute approximate surface area is 139 Å². The summed E-state index contributed by atoms with van der Waals surface area (Å²) in [6.45, 7) is 6.99. The van der Waals surface area contributed by atoms with Crippen LogP contribution in [0.3, 0.4) is 0 Å². The number of nitrogens with one attached hydrogen (secondary N) is 2. The minimum Gasteiger partial charge on any atom is -0.388 e. The van der Waals surface area contributed by atoms with Crippen LogP contribution >= 0.6 is 0 Å². The van der Waals surface area contributed by atoms with Crippen molar-refractivity contribution in [2.45, 2.75) is 77.0 Å². The van der Waals surface area contributed by atoms with Crippen molar-refractivity contribution in [3.05, 3.63) is 0 Å². The van der Waals surface area contributed by atoms with Gasteiger partial charge in [0.25, 0.3) is 0 Å². The second kappa shape index (κ2) is 6.25. The van der Waals surface area contributed by atoms with Gasteiger partial charge in [-0.2, -0.15) is 0 Å². The summed E-state index contributed by atoms with van der Waals surface area (Å²) < 4.78 is 5.95. The van der Waals surface area contributed by atoms with E-state index >= 15 is 0 Å². The van der Waals surface area contributed by atoms with Gasteiger partial charge in [-0.15, -0.1) is 0 Å². The normalized spacial score (nSPS) is 35.2. The molecule has 3 N–H and O–H groups in total. The van der Waals surface area contributed by atoms with Crippen LogP contribution < -0.4 is 10.6 Å². The van der Waals surface area contributed by atoms with Crippen LogP contribution in [0.25, 0.3) is 0 Å². The van der Waals surface area contributed by atoms with Crippen molar-refractivity contribution in [1.82, 2.24) is 10.6 Å². The highest BCUT2D eigenvalue weighted by Crippen LogP contribution is 2.60. The van der Waals surface area contributed by atoms with Crippen molar-refractivity contribution in [2.75, 3.05) is 13.2 Å². The summed E-state index contributed by atoms with van der Waals surface area (Å²) >= 11 is 0. The van der Waals surface area contributed by atoms with Crippen LogP contribution in [0, 0.1) is 17.3 Å². The molecule has 1 saturated heterocycles. The van der Waals surface area contributed by atoms with Gasteiger partial charge in [0.1, 0.15) is 0 Å². The lowest BCUT2D eigenvalue weighted by Crippen LogP contribution is -2.69. The minimum atomic E-state index is -0.865. The molecule has 1 aliphatic heterocycles. The Hall–Kier alpha value is -0.810. The van der Waals surface area contributed by atoms with Crippen molar-refractivity contribution >= 4 is 6.03 Å². The van der Waals surface area contributed by atoms with E-state index in [9.17, 15) is 9.90 Å². The molecule has 0 aromatic rings. The number of carbonyl (C=O) groups excluding carboxylic acids is 1. The zero-order valence-electron chi connectivity index (χ0n) is 14.7. The van der Waals surface area contributed by atoms with Crippen LogP contribution in [0.4, 0.5) is 4.79 Å². The molecule has 2 saturated carbocycles. The van der Waals surface area contributed by atoms with Crippen LogP contribution in [-0.4, -0.2) is 42.0 Å². The Morgan fingerprint density at radius 2 is 2.13 bits per heavy atom. The van der Waals surface area contributed by atoms with Gasteiger partial charge in [0.2, 0.25) is 0 Å². The summed E-state index contributed by atoms with van der Waals surface area (Å²) in [7, 11) is 0. The Bertz CT molecular complexity index is 446. The third-order valence-electron chi connectivity index (χ3n) is 6.85. The Balaban J connectivity index is 1.55. The van der Waals surface area contributed by atoms with Crippen LogP contribution in [0.15, 0.2) is 0 Å². The van der Waals surface area contributed by atoms with Gasteiger partial charge in [-0.05, 0) is 32.1 Å². The molecule has 5 atom stereocenters. The summed E-state index contributed by atoms with van der Waals surface area (Å²) in [5, 5.41) is 16.5. The number of hydrogen-bond acceptors (Lipinski definition) is 3. The van der Waals surface area contributed by atoms with Gasteiger partial charge in [-0.1, -0.05) is 33.1 Å². The first-order valence-corrected chi connectivity index (χ1v) is 9.29. The first kappa shape index (κ1) is 17.0. The molecule has 0 radical (unpaired) electrons. The largest absolute Gasteiger partial charge is 0.388 e. The summed E-state index contributed by atoms with van der Waals surface area (Å²) in [5.74, 6) is 0.634. The van der Waals surface area contributed by atoms with Gasteiger partial charge >= 0.3 is 6.03 Å². The van der Waals surface area contributed by atoms with E-state index in [0.29, 0.717) is 12.0 Å². The molecule has 0 aromatic heterocycles. The maximum Gasteiger partial charge on any atom is 0.315 e. The zero-order chi connectivity index (χ0) is 16.7. The molecule has 5 unspecified atom stereocenters. The van der Waals surface area contributed by atoms with Crippen LogP contribution in [-0.2, 0) is 4.74 Å².